The van der Waals surface area contributed by atoms with Crippen LogP contribution in [-0.2, 0) is 6.42 Å². The lowest BCUT2D eigenvalue weighted by atomic mass is 9.97. The number of hydrogen-bond donors (Lipinski definition) is 0. The summed E-state index contributed by atoms with van der Waals surface area (Å²) in [5, 5.41) is 0. The second-order valence-electron chi connectivity index (χ2n) is 4.54. The smallest absolute Gasteiger partial charge is 0.182 e. The standard InChI is InChI=1S/C14H10F3NO/c15-8-6-10(16)14(17)12(7-8)18-5-4-9-11(18)2-1-3-13(9)19/h4-7H,1-3H2. The van der Waals surface area contributed by atoms with Crippen molar-refractivity contribution in [3.63, 3.8) is 0 Å². The fourth-order valence-corrected chi connectivity index (χ4v) is 2.47. The van der Waals surface area contributed by atoms with Crippen molar-refractivity contribution in [1.29, 1.82) is 0 Å². The van der Waals surface area contributed by atoms with Gasteiger partial charge in [-0.25, -0.2) is 13.2 Å². The quantitative estimate of drug-likeness (QED) is 0.724. The molecule has 98 valence electrons. The van der Waals surface area contributed by atoms with Crippen LogP contribution in [0.2, 0.25) is 0 Å². The zero-order chi connectivity index (χ0) is 13.6. The van der Waals surface area contributed by atoms with E-state index in [1.807, 2.05) is 0 Å². The zero-order valence-corrected chi connectivity index (χ0v) is 9.92. The maximum Gasteiger partial charge on any atom is 0.182 e. The van der Waals surface area contributed by atoms with Crippen molar-refractivity contribution >= 4 is 5.78 Å². The second-order valence-corrected chi connectivity index (χ2v) is 4.54. The highest BCUT2D eigenvalue weighted by atomic mass is 19.2. The Hall–Kier alpha value is -2.04. The molecular formula is C14H10F3NO. The van der Waals surface area contributed by atoms with Gasteiger partial charge in [0, 0.05) is 36.0 Å². The van der Waals surface area contributed by atoms with Crippen LogP contribution in [0.5, 0.6) is 0 Å². The Morgan fingerprint density at radius 3 is 2.68 bits per heavy atom. The number of hydrogen-bond acceptors (Lipinski definition) is 1. The van der Waals surface area contributed by atoms with Crippen molar-refractivity contribution in [2.45, 2.75) is 19.3 Å². The minimum absolute atomic E-state index is 0.0164. The van der Waals surface area contributed by atoms with E-state index in [-0.39, 0.29) is 11.5 Å². The van der Waals surface area contributed by atoms with Crippen LogP contribution in [0.15, 0.2) is 24.4 Å². The molecule has 1 aromatic carbocycles. The topological polar surface area (TPSA) is 22.0 Å². The number of ketones is 1. The van der Waals surface area contributed by atoms with Crippen molar-refractivity contribution in [1.82, 2.24) is 4.57 Å². The van der Waals surface area contributed by atoms with Crippen molar-refractivity contribution < 1.29 is 18.0 Å². The van der Waals surface area contributed by atoms with Crippen LogP contribution >= 0.6 is 0 Å². The molecule has 0 bridgehead atoms. The molecule has 2 nitrogen and oxygen atoms in total. The highest BCUT2D eigenvalue weighted by Crippen LogP contribution is 2.27. The second kappa shape index (κ2) is 4.26. The molecule has 1 aromatic heterocycles. The summed E-state index contributed by atoms with van der Waals surface area (Å²) >= 11 is 0. The SMILES string of the molecule is O=C1CCCc2c1ccn2-c1cc(F)cc(F)c1F. The number of halogens is 3. The van der Waals surface area contributed by atoms with E-state index in [2.05, 4.69) is 0 Å². The minimum Gasteiger partial charge on any atom is -0.317 e. The number of fused-ring (bicyclic) bond motifs is 1. The highest BCUT2D eigenvalue weighted by Gasteiger charge is 2.23. The van der Waals surface area contributed by atoms with Gasteiger partial charge in [0.15, 0.2) is 17.4 Å². The van der Waals surface area contributed by atoms with Gasteiger partial charge in [-0.1, -0.05) is 0 Å². The first-order valence-corrected chi connectivity index (χ1v) is 5.96. The predicted molar refractivity (Wildman–Crippen MR) is 62.9 cm³/mol. The lowest BCUT2D eigenvalue weighted by Gasteiger charge is -2.15. The van der Waals surface area contributed by atoms with Crippen LogP contribution in [0.1, 0.15) is 28.9 Å². The van der Waals surface area contributed by atoms with Gasteiger partial charge < -0.3 is 4.57 Å². The molecular weight excluding hydrogens is 255 g/mol. The van der Waals surface area contributed by atoms with Gasteiger partial charge in [0.25, 0.3) is 0 Å². The normalized spacial score (nSPS) is 14.6. The molecule has 0 spiro atoms. The van der Waals surface area contributed by atoms with Crippen LogP contribution in [0.4, 0.5) is 13.2 Å². The third-order valence-electron chi connectivity index (χ3n) is 3.34. The molecule has 1 aliphatic carbocycles. The number of Topliss-reactive ketones (excluding diaryl/α,β-unsaturated/α-hetero) is 1. The maximum atomic E-state index is 13.8. The van der Waals surface area contributed by atoms with Gasteiger partial charge in [-0.15, -0.1) is 0 Å². The first kappa shape index (κ1) is 12.0. The molecule has 0 radical (unpaired) electrons. The van der Waals surface area contributed by atoms with Gasteiger partial charge in [0.2, 0.25) is 0 Å². The van der Waals surface area contributed by atoms with E-state index in [9.17, 15) is 18.0 Å². The van der Waals surface area contributed by atoms with Gasteiger partial charge in [0.05, 0.1) is 5.69 Å². The summed E-state index contributed by atoms with van der Waals surface area (Å²) in [6.45, 7) is 0. The van der Waals surface area contributed by atoms with Crippen molar-refractivity contribution in [2.75, 3.05) is 0 Å². The van der Waals surface area contributed by atoms with Crippen molar-refractivity contribution in [3.8, 4) is 5.69 Å². The fourth-order valence-electron chi connectivity index (χ4n) is 2.47. The Morgan fingerprint density at radius 2 is 1.89 bits per heavy atom. The van der Waals surface area contributed by atoms with Crippen molar-refractivity contribution in [2.24, 2.45) is 0 Å². The van der Waals surface area contributed by atoms with E-state index in [1.165, 1.54) is 10.8 Å². The van der Waals surface area contributed by atoms with Crippen LogP contribution in [0.3, 0.4) is 0 Å². The van der Waals surface area contributed by atoms with Crippen LogP contribution < -0.4 is 0 Å². The third-order valence-corrected chi connectivity index (χ3v) is 3.34. The van der Waals surface area contributed by atoms with Gasteiger partial charge in [0.1, 0.15) is 5.82 Å². The summed E-state index contributed by atoms with van der Waals surface area (Å²) in [5.74, 6) is -3.21. The first-order chi connectivity index (χ1) is 9.08. The van der Waals surface area contributed by atoms with E-state index >= 15 is 0 Å². The summed E-state index contributed by atoms with van der Waals surface area (Å²) in [5.41, 5.74) is 0.920. The maximum absolute atomic E-state index is 13.8. The van der Waals surface area contributed by atoms with Gasteiger partial charge in [-0.3, -0.25) is 4.79 Å². The summed E-state index contributed by atoms with van der Waals surface area (Å²) in [7, 11) is 0. The van der Waals surface area contributed by atoms with Gasteiger partial charge >= 0.3 is 0 Å². The number of carbonyl (C=O) groups excluding carboxylic acids is 1. The highest BCUT2D eigenvalue weighted by molar-refractivity contribution is 5.98. The lowest BCUT2D eigenvalue weighted by Crippen LogP contribution is -2.13. The molecule has 0 N–H and O–H groups in total. The molecule has 0 unspecified atom stereocenters. The van der Waals surface area contributed by atoms with Gasteiger partial charge in [-0.05, 0) is 18.9 Å². The van der Waals surface area contributed by atoms with Gasteiger partial charge in [-0.2, -0.15) is 0 Å². The average Bonchev–Trinajstić information content (AvgIpc) is 2.79. The number of carbonyl (C=O) groups is 1. The fraction of sp³-hybridized carbons (Fsp3) is 0.214. The van der Waals surface area contributed by atoms with Crippen LogP contribution in [0.25, 0.3) is 5.69 Å². The first-order valence-electron chi connectivity index (χ1n) is 5.96. The van der Waals surface area contributed by atoms with E-state index < -0.39 is 17.5 Å². The number of benzene rings is 1. The Morgan fingerprint density at radius 1 is 1.11 bits per heavy atom. The summed E-state index contributed by atoms with van der Waals surface area (Å²) in [4.78, 5) is 11.7. The molecule has 0 fully saturated rings. The molecule has 19 heavy (non-hydrogen) atoms. The van der Waals surface area contributed by atoms with E-state index in [4.69, 9.17) is 0 Å². The van der Waals surface area contributed by atoms with Crippen LogP contribution in [0, 0.1) is 17.5 Å². The van der Waals surface area contributed by atoms with E-state index in [0.29, 0.717) is 36.6 Å². The molecule has 3 rings (SSSR count). The number of rotatable bonds is 1. The monoisotopic (exact) mass is 265 g/mol. The van der Waals surface area contributed by atoms with Crippen molar-refractivity contribution in [3.05, 3.63) is 53.1 Å². The predicted octanol–water partition coefficient (Wildman–Crippen LogP) is 3.41. The Balaban J connectivity index is 2.21. The minimum atomic E-state index is -1.24. The molecule has 1 heterocycles. The number of nitrogens with zero attached hydrogens (tertiary/aromatic N) is 1. The Labute approximate surface area is 107 Å². The Kier molecular flexibility index (Phi) is 2.69. The lowest BCUT2D eigenvalue weighted by molar-refractivity contribution is 0.0972. The zero-order valence-electron chi connectivity index (χ0n) is 9.92. The molecule has 0 saturated carbocycles. The molecule has 5 heteroatoms. The third kappa shape index (κ3) is 1.85. The number of aromatic nitrogens is 1. The molecule has 0 amide bonds. The van der Waals surface area contributed by atoms with Crippen LogP contribution in [-0.4, -0.2) is 10.4 Å². The van der Waals surface area contributed by atoms with E-state index in [0.717, 1.165) is 6.07 Å². The molecule has 0 saturated heterocycles. The Bertz CT molecular complexity index is 676. The molecule has 0 atom stereocenters. The largest absolute Gasteiger partial charge is 0.317 e. The summed E-state index contributed by atoms with van der Waals surface area (Å²) < 4.78 is 41.6. The molecule has 0 aliphatic heterocycles. The average molecular weight is 265 g/mol. The van der Waals surface area contributed by atoms with E-state index in [1.54, 1.807) is 6.07 Å². The summed E-state index contributed by atoms with van der Waals surface area (Å²) in [6.07, 6.45) is 3.18. The molecule has 1 aliphatic rings. The summed E-state index contributed by atoms with van der Waals surface area (Å²) in [6, 6.07) is 3.00. The molecule has 2 aromatic rings.